The third-order valence-electron chi connectivity index (χ3n) is 3.11. The summed E-state index contributed by atoms with van der Waals surface area (Å²) in [5.41, 5.74) is 0. The zero-order valence-electron chi connectivity index (χ0n) is 12.8. The van der Waals surface area contributed by atoms with Crippen LogP contribution in [-0.2, 0) is 8.85 Å². The first kappa shape index (κ1) is 18.4. The van der Waals surface area contributed by atoms with Gasteiger partial charge in [-0.25, -0.2) is 4.79 Å². The fraction of sp³-hybridized carbons (Fsp3) is 0.923. The van der Waals surface area contributed by atoms with E-state index in [0.717, 1.165) is 25.3 Å². The van der Waals surface area contributed by atoms with Gasteiger partial charge in [-0.1, -0.05) is 12.8 Å². The standard InChI is InChI=1S/C13H29NO4Si/c1-5-14(13(15)16)11-9-8-10-12-19(4,17-6-2)18-7-3/h5-12H2,1-4H3,(H,15,16). The van der Waals surface area contributed by atoms with Crippen LogP contribution < -0.4 is 0 Å². The van der Waals surface area contributed by atoms with Gasteiger partial charge in [-0.2, -0.15) is 0 Å². The Hall–Kier alpha value is -0.593. The van der Waals surface area contributed by atoms with Crippen LogP contribution in [0, 0.1) is 0 Å². The van der Waals surface area contributed by atoms with Gasteiger partial charge in [-0.3, -0.25) is 0 Å². The highest BCUT2D eigenvalue weighted by molar-refractivity contribution is 6.66. The third kappa shape index (κ3) is 8.23. The van der Waals surface area contributed by atoms with E-state index in [1.807, 2.05) is 20.8 Å². The van der Waals surface area contributed by atoms with Crippen LogP contribution in [0.1, 0.15) is 40.0 Å². The van der Waals surface area contributed by atoms with Crippen LogP contribution in [-0.4, -0.2) is 51.0 Å². The summed E-state index contributed by atoms with van der Waals surface area (Å²) in [7, 11) is -1.99. The van der Waals surface area contributed by atoms with E-state index in [1.54, 1.807) is 0 Å². The van der Waals surface area contributed by atoms with E-state index in [9.17, 15) is 4.79 Å². The number of unbranched alkanes of at least 4 members (excludes halogenated alkanes) is 2. The van der Waals surface area contributed by atoms with Crippen molar-refractivity contribution in [1.29, 1.82) is 0 Å². The second-order valence-corrected chi connectivity index (χ2v) is 8.02. The normalized spacial score (nSPS) is 11.6. The molecule has 0 atom stereocenters. The van der Waals surface area contributed by atoms with E-state index in [-0.39, 0.29) is 0 Å². The molecule has 0 heterocycles. The number of nitrogens with zero attached hydrogens (tertiary/aromatic N) is 1. The van der Waals surface area contributed by atoms with Gasteiger partial charge in [0.15, 0.2) is 0 Å². The predicted molar refractivity (Wildman–Crippen MR) is 78.8 cm³/mol. The van der Waals surface area contributed by atoms with Crippen molar-refractivity contribution in [1.82, 2.24) is 4.90 Å². The molecule has 0 saturated heterocycles. The first-order valence-electron chi connectivity index (χ1n) is 7.24. The van der Waals surface area contributed by atoms with Crippen molar-refractivity contribution >= 4 is 14.7 Å². The summed E-state index contributed by atoms with van der Waals surface area (Å²) >= 11 is 0. The van der Waals surface area contributed by atoms with E-state index >= 15 is 0 Å². The maximum Gasteiger partial charge on any atom is 0.407 e. The summed E-state index contributed by atoms with van der Waals surface area (Å²) in [6, 6.07) is 0.980. The van der Waals surface area contributed by atoms with Gasteiger partial charge >= 0.3 is 14.7 Å². The second kappa shape index (κ2) is 10.2. The van der Waals surface area contributed by atoms with Crippen LogP contribution in [0.4, 0.5) is 4.79 Å². The molecule has 0 aliphatic carbocycles. The molecular weight excluding hydrogens is 262 g/mol. The Morgan fingerprint density at radius 3 is 2.11 bits per heavy atom. The van der Waals surface area contributed by atoms with Crippen LogP contribution in [0.2, 0.25) is 12.6 Å². The Balaban J connectivity index is 3.85. The first-order chi connectivity index (χ1) is 8.99. The summed E-state index contributed by atoms with van der Waals surface area (Å²) in [6.45, 7) is 10.5. The molecule has 0 unspecified atom stereocenters. The Kier molecular flexibility index (Phi) is 9.91. The van der Waals surface area contributed by atoms with E-state index in [0.29, 0.717) is 26.3 Å². The lowest BCUT2D eigenvalue weighted by molar-refractivity contribution is 0.146. The molecule has 0 rings (SSSR count). The maximum absolute atomic E-state index is 10.8. The lowest BCUT2D eigenvalue weighted by Crippen LogP contribution is -2.38. The number of rotatable bonds is 11. The number of carboxylic acid groups (broad SMARTS) is 1. The summed E-state index contributed by atoms with van der Waals surface area (Å²) in [5, 5.41) is 8.89. The smallest absolute Gasteiger partial charge is 0.407 e. The molecule has 0 aliphatic rings. The van der Waals surface area contributed by atoms with Crippen LogP contribution >= 0.6 is 0 Å². The number of amides is 1. The van der Waals surface area contributed by atoms with Crippen molar-refractivity contribution in [3.63, 3.8) is 0 Å². The summed E-state index contributed by atoms with van der Waals surface area (Å²) in [5.74, 6) is 0. The van der Waals surface area contributed by atoms with Crippen molar-refractivity contribution in [2.45, 2.75) is 52.6 Å². The van der Waals surface area contributed by atoms with E-state index < -0.39 is 14.7 Å². The molecule has 1 N–H and O–H groups in total. The topological polar surface area (TPSA) is 59.0 Å². The monoisotopic (exact) mass is 291 g/mol. The molecule has 0 aliphatic heterocycles. The van der Waals surface area contributed by atoms with Gasteiger partial charge in [0, 0.05) is 26.3 Å². The highest BCUT2D eigenvalue weighted by Gasteiger charge is 2.29. The molecule has 0 spiro atoms. The maximum atomic E-state index is 10.8. The predicted octanol–water partition coefficient (Wildman–Crippen LogP) is 3.30. The number of hydrogen-bond donors (Lipinski definition) is 1. The SMILES string of the molecule is CCO[Si](C)(CCCCCN(CC)C(=O)O)OCC. The Bertz CT molecular complexity index is 245. The summed E-state index contributed by atoms with van der Waals surface area (Å²) in [6.07, 6.45) is 2.14. The van der Waals surface area contributed by atoms with Crippen molar-refractivity contribution in [3.05, 3.63) is 0 Å². The average Bonchev–Trinajstić information content (AvgIpc) is 2.33. The average molecular weight is 291 g/mol. The molecule has 5 nitrogen and oxygen atoms in total. The molecular formula is C13H29NO4Si. The molecule has 1 amide bonds. The van der Waals surface area contributed by atoms with Gasteiger partial charge in [0.05, 0.1) is 0 Å². The minimum Gasteiger partial charge on any atom is -0.465 e. The van der Waals surface area contributed by atoms with Gasteiger partial charge in [-0.05, 0) is 39.8 Å². The van der Waals surface area contributed by atoms with Crippen molar-refractivity contribution < 1.29 is 18.8 Å². The lowest BCUT2D eigenvalue weighted by atomic mass is 10.2. The lowest BCUT2D eigenvalue weighted by Gasteiger charge is -2.26. The van der Waals surface area contributed by atoms with E-state index in [2.05, 4.69) is 6.55 Å². The van der Waals surface area contributed by atoms with Gasteiger partial charge in [0.25, 0.3) is 0 Å². The molecule has 0 saturated carbocycles. The highest BCUT2D eigenvalue weighted by atomic mass is 28.4. The van der Waals surface area contributed by atoms with Gasteiger partial charge < -0.3 is 18.9 Å². The molecule has 0 radical (unpaired) electrons. The zero-order valence-corrected chi connectivity index (χ0v) is 13.8. The molecule has 0 aromatic heterocycles. The Morgan fingerprint density at radius 1 is 1.11 bits per heavy atom. The zero-order chi connectivity index (χ0) is 14.7. The number of hydrogen-bond acceptors (Lipinski definition) is 3. The fourth-order valence-electron chi connectivity index (χ4n) is 2.11. The molecule has 0 aromatic carbocycles. The summed E-state index contributed by atoms with van der Waals surface area (Å²) < 4.78 is 11.5. The van der Waals surface area contributed by atoms with Crippen LogP contribution in [0.3, 0.4) is 0 Å². The van der Waals surface area contributed by atoms with Gasteiger partial charge in [0.2, 0.25) is 0 Å². The third-order valence-corrected chi connectivity index (χ3v) is 6.17. The minimum atomic E-state index is -1.99. The fourth-order valence-corrected chi connectivity index (χ4v) is 4.60. The first-order valence-corrected chi connectivity index (χ1v) is 9.77. The van der Waals surface area contributed by atoms with Gasteiger partial charge in [-0.15, -0.1) is 0 Å². The quantitative estimate of drug-likeness (QED) is 0.469. The van der Waals surface area contributed by atoms with Crippen molar-refractivity contribution in [3.8, 4) is 0 Å². The van der Waals surface area contributed by atoms with Gasteiger partial charge in [0.1, 0.15) is 0 Å². The highest BCUT2D eigenvalue weighted by Crippen LogP contribution is 2.18. The molecule has 0 bridgehead atoms. The van der Waals surface area contributed by atoms with Crippen LogP contribution in [0.15, 0.2) is 0 Å². The van der Waals surface area contributed by atoms with Crippen LogP contribution in [0.25, 0.3) is 0 Å². The van der Waals surface area contributed by atoms with Crippen molar-refractivity contribution in [2.24, 2.45) is 0 Å². The minimum absolute atomic E-state index is 0.555. The van der Waals surface area contributed by atoms with E-state index in [4.69, 9.17) is 14.0 Å². The largest absolute Gasteiger partial charge is 0.465 e. The summed E-state index contributed by atoms with van der Waals surface area (Å²) in [4.78, 5) is 12.3. The second-order valence-electron chi connectivity index (χ2n) is 4.67. The molecule has 19 heavy (non-hydrogen) atoms. The van der Waals surface area contributed by atoms with Crippen molar-refractivity contribution in [2.75, 3.05) is 26.3 Å². The number of carbonyl (C=O) groups is 1. The Morgan fingerprint density at radius 2 is 1.68 bits per heavy atom. The molecule has 114 valence electrons. The Labute approximate surface area is 118 Å². The molecule has 0 aromatic rings. The van der Waals surface area contributed by atoms with Crippen LogP contribution in [0.5, 0.6) is 0 Å². The van der Waals surface area contributed by atoms with E-state index in [1.165, 1.54) is 4.90 Å². The molecule has 6 heteroatoms. The molecule has 0 fully saturated rings.